The molecule has 0 rings (SSSR count). The van der Waals surface area contributed by atoms with Crippen molar-refractivity contribution in [3.63, 3.8) is 0 Å². The molecule has 10 nitrogen and oxygen atoms in total. The maximum absolute atomic E-state index is 8.74. The van der Waals surface area contributed by atoms with Crippen LogP contribution in [0.4, 0.5) is 0 Å². The van der Waals surface area contributed by atoms with Crippen molar-refractivity contribution in [1.82, 2.24) is 12.3 Å². The highest BCUT2D eigenvalue weighted by atomic mass is 35.5. The number of hydrogen-bond acceptors (Lipinski definition) is 5. The molecule has 0 atom stereocenters. The molecular formula is H11ClN2O8S2. The lowest BCUT2D eigenvalue weighted by Gasteiger charge is -1.88. The fraction of sp³-hybridized carbons (Fsp3) is 0. The van der Waals surface area contributed by atoms with Crippen molar-refractivity contribution in [1.29, 1.82) is 0 Å². The second-order valence-electron chi connectivity index (χ2n) is 0.876. The van der Waals surface area contributed by atoms with Crippen LogP contribution >= 0.6 is 0 Å². The van der Waals surface area contributed by atoms with Crippen LogP contribution in [-0.4, -0.2) is 35.0 Å². The van der Waals surface area contributed by atoms with Crippen LogP contribution in [0.25, 0.3) is 0 Å². The maximum atomic E-state index is 8.74. The topological polar surface area (TPSA) is 225 Å². The summed E-state index contributed by atoms with van der Waals surface area (Å²) in [6.45, 7) is 0. The summed E-state index contributed by atoms with van der Waals surface area (Å²) in [6.07, 6.45) is 0. The standard InChI is InChI=1S/ClH.2H3N.2H2O4S/c;;;2*1-5(2,3)4/h1H;2*1H3;2*(H2,1,2,3,4). The Hall–Kier alpha value is -0.0500. The first kappa shape index (κ1) is 29.3. The fourth-order valence-electron chi connectivity index (χ4n) is 0. The molecule has 13 heteroatoms. The SMILES string of the molecule is O=S(=O)(O)O.O=S(=O)([O-])O.[Cl-].[NH4+].[NH4+]. The minimum Gasteiger partial charge on any atom is -1.00 e. The van der Waals surface area contributed by atoms with Crippen molar-refractivity contribution < 1.29 is 47.5 Å². The molecule has 0 amide bonds. The number of rotatable bonds is 0. The molecule has 11 N–H and O–H groups in total. The summed E-state index contributed by atoms with van der Waals surface area (Å²) in [5.74, 6) is 0. The van der Waals surface area contributed by atoms with Crippen LogP contribution in [0.2, 0.25) is 0 Å². The lowest BCUT2D eigenvalue weighted by atomic mass is 14.0. The zero-order chi connectivity index (χ0) is 9.00. The first-order valence-electron chi connectivity index (χ1n) is 1.38. The number of quaternary nitrogens is 2. The molecule has 0 aromatic heterocycles. The molecule has 0 saturated heterocycles. The van der Waals surface area contributed by atoms with E-state index < -0.39 is 20.8 Å². The number of hydrogen-bond donors (Lipinski definition) is 5. The Balaban J connectivity index is -0.0000000267. The van der Waals surface area contributed by atoms with E-state index in [0.29, 0.717) is 0 Å². The Morgan fingerprint density at radius 1 is 0.846 bits per heavy atom. The van der Waals surface area contributed by atoms with Crippen LogP contribution in [-0.2, 0) is 20.8 Å². The average Bonchev–Trinajstić information content (AvgIpc) is 1.12. The minimum absolute atomic E-state index is 0. The zero-order valence-electron chi connectivity index (χ0n) is 6.58. The first-order chi connectivity index (χ1) is 4.00. The highest BCUT2D eigenvalue weighted by Crippen LogP contribution is 1.59. The van der Waals surface area contributed by atoms with E-state index >= 15 is 0 Å². The molecule has 0 aliphatic heterocycles. The van der Waals surface area contributed by atoms with E-state index in [0.717, 1.165) is 0 Å². The second-order valence-corrected chi connectivity index (χ2v) is 2.63. The van der Waals surface area contributed by atoms with Crippen LogP contribution in [0, 0.1) is 0 Å². The van der Waals surface area contributed by atoms with Crippen molar-refractivity contribution in [2.75, 3.05) is 0 Å². The lowest BCUT2D eigenvalue weighted by Crippen LogP contribution is -3.00. The average molecular weight is 267 g/mol. The summed E-state index contributed by atoms with van der Waals surface area (Å²) < 4.78 is 64.4. The Labute approximate surface area is 81.1 Å². The molecular weight excluding hydrogens is 256 g/mol. The molecule has 0 aliphatic rings. The molecule has 0 aromatic carbocycles. The van der Waals surface area contributed by atoms with Gasteiger partial charge in [-0.3, -0.25) is 13.7 Å². The highest BCUT2D eigenvalue weighted by molar-refractivity contribution is 7.80. The van der Waals surface area contributed by atoms with Gasteiger partial charge in [0, 0.05) is 0 Å². The third-order valence-corrected chi connectivity index (χ3v) is 0. The molecule has 0 fully saturated rings. The van der Waals surface area contributed by atoms with Gasteiger partial charge in [-0.2, -0.15) is 8.42 Å². The van der Waals surface area contributed by atoms with Crippen LogP contribution in [0.3, 0.4) is 0 Å². The number of halogens is 1. The minimum atomic E-state index is -4.92. The van der Waals surface area contributed by atoms with Crippen LogP contribution < -0.4 is 24.7 Å². The zero-order valence-corrected chi connectivity index (χ0v) is 8.97. The largest absolute Gasteiger partial charge is 1.00 e. The van der Waals surface area contributed by atoms with Gasteiger partial charge in [-0.25, -0.2) is 8.42 Å². The van der Waals surface area contributed by atoms with Crippen molar-refractivity contribution in [3.8, 4) is 0 Å². The molecule has 0 spiro atoms. The molecule has 0 radical (unpaired) electrons. The molecule has 0 bridgehead atoms. The highest BCUT2D eigenvalue weighted by Gasteiger charge is 1.84. The van der Waals surface area contributed by atoms with Crippen molar-refractivity contribution in [3.05, 3.63) is 0 Å². The van der Waals surface area contributed by atoms with Crippen molar-refractivity contribution in [2.24, 2.45) is 0 Å². The van der Waals surface area contributed by atoms with Gasteiger partial charge in [0.1, 0.15) is 0 Å². The van der Waals surface area contributed by atoms with Gasteiger partial charge in [0.05, 0.1) is 0 Å². The molecule has 0 aliphatic carbocycles. The Morgan fingerprint density at radius 2 is 0.846 bits per heavy atom. The van der Waals surface area contributed by atoms with E-state index in [1.165, 1.54) is 0 Å². The van der Waals surface area contributed by atoms with E-state index in [1.54, 1.807) is 0 Å². The summed E-state index contributed by atoms with van der Waals surface area (Å²) in [7, 11) is -9.58. The van der Waals surface area contributed by atoms with Crippen molar-refractivity contribution >= 4 is 20.8 Å². The van der Waals surface area contributed by atoms with E-state index in [4.69, 9.17) is 35.0 Å². The van der Waals surface area contributed by atoms with E-state index in [-0.39, 0.29) is 24.7 Å². The normalized spacial score (nSPS) is 8.92. The van der Waals surface area contributed by atoms with Gasteiger partial charge < -0.3 is 29.3 Å². The monoisotopic (exact) mass is 266 g/mol. The molecule has 0 aromatic rings. The van der Waals surface area contributed by atoms with Gasteiger partial charge in [0.25, 0.3) is 0 Å². The van der Waals surface area contributed by atoms with Crippen molar-refractivity contribution in [2.45, 2.75) is 0 Å². The smallest absolute Gasteiger partial charge is 0.394 e. The summed E-state index contributed by atoms with van der Waals surface area (Å²) >= 11 is 0. The predicted octanol–water partition coefficient (Wildman–Crippen LogP) is -3.89. The van der Waals surface area contributed by atoms with Gasteiger partial charge >= 0.3 is 10.4 Å². The molecule has 0 unspecified atom stereocenters. The van der Waals surface area contributed by atoms with Gasteiger partial charge in [-0.1, -0.05) is 0 Å². The van der Waals surface area contributed by atoms with E-state index in [1.807, 2.05) is 0 Å². The van der Waals surface area contributed by atoms with Gasteiger partial charge in [-0.15, -0.1) is 0 Å². The predicted molar refractivity (Wildman–Crippen MR) is 38.5 cm³/mol. The van der Waals surface area contributed by atoms with E-state index in [2.05, 4.69) is 0 Å². The molecule has 0 saturated carbocycles. The Morgan fingerprint density at radius 3 is 0.846 bits per heavy atom. The van der Waals surface area contributed by atoms with Gasteiger partial charge in [0.2, 0.25) is 10.4 Å². The van der Waals surface area contributed by atoms with Gasteiger partial charge in [-0.05, 0) is 0 Å². The Bertz CT molecular complexity index is 217. The van der Waals surface area contributed by atoms with Crippen LogP contribution in [0.5, 0.6) is 0 Å². The van der Waals surface area contributed by atoms with Gasteiger partial charge in [0.15, 0.2) is 0 Å². The van der Waals surface area contributed by atoms with Crippen LogP contribution in [0.1, 0.15) is 0 Å². The first-order valence-corrected chi connectivity index (χ1v) is 4.14. The fourth-order valence-corrected chi connectivity index (χ4v) is 0. The summed E-state index contributed by atoms with van der Waals surface area (Å²) in [5.41, 5.74) is 0. The second kappa shape index (κ2) is 10.0. The summed E-state index contributed by atoms with van der Waals surface area (Å²) in [4.78, 5) is 0. The summed E-state index contributed by atoms with van der Waals surface area (Å²) in [5, 5.41) is 0. The summed E-state index contributed by atoms with van der Waals surface area (Å²) in [6, 6.07) is 0. The molecule has 13 heavy (non-hydrogen) atoms. The molecule has 88 valence electrons. The third kappa shape index (κ3) is 473000. The third-order valence-electron chi connectivity index (χ3n) is 0. The lowest BCUT2D eigenvalue weighted by molar-refractivity contribution is -0.0000167. The van der Waals surface area contributed by atoms with Crippen LogP contribution in [0.15, 0.2) is 0 Å². The Kier molecular flexibility index (Phi) is 22.6. The van der Waals surface area contributed by atoms with E-state index in [9.17, 15) is 0 Å². The molecule has 0 heterocycles. The maximum Gasteiger partial charge on any atom is 0.394 e. The quantitative estimate of drug-likeness (QED) is 0.214.